The molecule has 2 atom stereocenters. The highest BCUT2D eigenvalue weighted by atomic mass is 32.2. The van der Waals surface area contributed by atoms with Gasteiger partial charge in [0.1, 0.15) is 6.17 Å². The Kier molecular flexibility index (Phi) is 3.78. The van der Waals surface area contributed by atoms with Gasteiger partial charge < -0.3 is 4.90 Å². The van der Waals surface area contributed by atoms with E-state index < -0.39 is 0 Å². The maximum Gasteiger partial charge on any atom is 0.241 e. The highest BCUT2D eigenvalue weighted by molar-refractivity contribution is 7.98. The van der Waals surface area contributed by atoms with E-state index in [1.54, 1.807) is 11.8 Å². The minimum absolute atomic E-state index is 0.0409. The van der Waals surface area contributed by atoms with E-state index in [2.05, 4.69) is 54.6 Å². The maximum absolute atomic E-state index is 12.6. The molecule has 108 valence electrons. The van der Waals surface area contributed by atoms with Crippen LogP contribution >= 0.6 is 11.8 Å². The average Bonchev–Trinajstić information content (AvgIpc) is 3.22. The largest absolute Gasteiger partial charge is 0.319 e. The van der Waals surface area contributed by atoms with Crippen molar-refractivity contribution in [2.75, 3.05) is 6.26 Å². The van der Waals surface area contributed by atoms with Crippen molar-refractivity contribution in [2.45, 2.75) is 49.8 Å². The summed E-state index contributed by atoms with van der Waals surface area (Å²) >= 11 is 1.74. The van der Waals surface area contributed by atoms with Gasteiger partial charge in [0.25, 0.3) is 0 Å². The fourth-order valence-electron chi connectivity index (χ4n) is 2.87. The summed E-state index contributed by atoms with van der Waals surface area (Å²) in [4.78, 5) is 15.9. The molecule has 1 aliphatic carbocycles. The quantitative estimate of drug-likeness (QED) is 0.865. The lowest BCUT2D eigenvalue weighted by Crippen LogP contribution is -2.35. The Balaban J connectivity index is 1.87. The third kappa shape index (κ3) is 2.47. The van der Waals surface area contributed by atoms with Gasteiger partial charge in [-0.2, -0.15) is 0 Å². The first-order valence-corrected chi connectivity index (χ1v) is 8.56. The van der Waals surface area contributed by atoms with Crippen LogP contribution in [0.15, 0.2) is 29.2 Å². The van der Waals surface area contributed by atoms with Crippen LogP contribution in [0.4, 0.5) is 0 Å². The van der Waals surface area contributed by atoms with Crippen molar-refractivity contribution in [3.63, 3.8) is 0 Å². The molecule has 20 heavy (non-hydrogen) atoms. The van der Waals surface area contributed by atoms with Crippen LogP contribution in [0.2, 0.25) is 0 Å². The number of rotatable bonds is 4. The second-order valence-corrected chi connectivity index (χ2v) is 6.92. The highest BCUT2D eigenvalue weighted by Crippen LogP contribution is 2.38. The Hall–Kier alpha value is -1.00. The molecule has 0 bridgehead atoms. The summed E-state index contributed by atoms with van der Waals surface area (Å²) in [6, 6.07) is 8.98. The van der Waals surface area contributed by atoms with Gasteiger partial charge in [0.2, 0.25) is 5.91 Å². The van der Waals surface area contributed by atoms with E-state index in [0.717, 1.165) is 12.8 Å². The van der Waals surface area contributed by atoms with E-state index in [4.69, 9.17) is 0 Å². The minimum Gasteiger partial charge on any atom is -0.319 e. The molecule has 3 rings (SSSR count). The van der Waals surface area contributed by atoms with Crippen LogP contribution in [0.5, 0.6) is 0 Å². The van der Waals surface area contributed by atoms with E-state index in [1.807, 2.05) is 0 Å². The molecule has 1 aromatic rings. The summed E-state index contributed by atoms with van der Waals surface area (Å²) < 4.78 is 0. The van der Waals surface area contributed by atoms with Gasteiger partial charge in [-0.05, 0) is 42.7 Å². The van der Waals surface area contributed by atoms with Gasteiger partial charge in [0, 0.05) is 10.9 Å². The maximum atomic E-state index is 12.6. The number of benzene rings is 1. The number of nitrogens with one attached hydrogen (secondary N) is 1. The Morgan fingerprint density at radius 3 is 2.40 bits per heavy atom. The van der Waals surface area contributed by atoms with Gasteiger partial charge >= 0.3 is 0 Å². The zero-order chi connectivity index (χ0) is 14.3. The van der Waals surface area contributed by atoms with Crippen LogP contribution in [0.3, 0.4) is 0 Å². The molecule has 0 spiro atoms. The van der Waals surface area contributed by atoms with E-state index in [9.17, 15) is 4.79 Å². The first-order valence-electron chi connectivity index (χ1n) is 7.34. The third-order valence-electron chi connectivity index (χ3n) is 4.17. The van der Waals surface area contributed by atoms with Crippen molar-refractivity contribution in [3.8, 4) is 0 Å². The van der Waals surface area contributed by atoms with Crippen molar-refractivity contribution in [1.29, 1.82) is 0 Å². The lowest BCUT2D eigenvalue weighted by molar-refractivity contribution is -0.131. The molecular weight excluding hydrogens is 268 g/mol. The number of nitrogens with zero attached hydrogens (tertiary/aromatic N) is 1. The number of amides is 1. The van der Waals surface area contributed by atoms with E-state index >= 15 is 0 Å². The average molecular weight is 290 g/mol. The lowest BCUT2D eigenvalue weighted by atomic mass is 10.1. The standard InChI is InChI=1S/C16H22N2OS/c1-10(2)14-16(19)18(12-6-7-12)15(17-14)11-4-8-13(20-3)9-5-11/h4-5,8-10,12,14-15,17H,6-7H2,1-3H3. The topological polar surface area (TPSA) is 32.3 Å². The summed E-state index contributed by atoms with van der Waals surface area (Å²) in [6.07, 6.45) is 4.44. The summed E-state index contributed by atoms with van der Waals surface area (Å²) in [6.45, 7) is 4.22. The Labute approximate surface area is 125 Å². The number of hydrogen-bond acceptors (Lipinski definition) is 3. The summed E-state index contributed by atoms with van der Waals surface area (Å²) in [5, 5.41) is 3.53. The van der Waals surface area contributed by atoms with Gasteiger partial charge in [-0.15, -0.1) is 11.8 Å². The third-order valence-corrected chi connectivity index (χ3v) is 4.92. The molecule has 2 aliphatic rings. The van der Waals surface area contributed by atoms with E-state index in [0.29, 0.717) is 12.0 Å². The van der Waals surface area contributed by atoms with Crippen molar-refractivity contribution in [2.24, 2.45) is 5.92 Å². The zero-order valence-electron chi connectivity index (χ0n) is 12.3. The second kappa shape index (κ2) is 5.41. The smallest absolute Gasteiger partial charge is 0.241 e. The van der Waals surface area contributed by atoms with Crippen LogP contribution < -0.4 is 5.32 Å². The van der Waals surface area contributed by atoms with Gasteiger partial charge in [0.15, 0.2) is 0 Å². The van der Waals surface area contributed by atoms with Crippen molar-refractivity contribution in [3.05, 3.63) is 29.8 Å². The van der Waals surface area contributed by atoms with Crippen molar-refractivity contribution < 1.29 is 4.79 Å². The predicted octanol–water partition coefficient (Wildman–Crippen LogP) is 3.03. The lowest BCUT2D eigenvalue weighted by Gasteiger charge is -2.24. The number of carbonyl (C=O) groups is 1. The summed E-state index contributed by atoms with van der Waals surface area (Å²) in [5.74, 6) is 0.612. The molecule has 1 saturated carbocycles. The molecule has 3 nitrogen and oxygen atoms in total. The molecule has 2 fully saturated rings. The predicted molar refractivity (Wildman–Crippen MR) is 82.6 cm³/mol. The SMILES string of the molecule is CSc1ccc(C2NC(C(C)C)C(=O)N2C2CC2)cc1. The molecule has 4 heteroatoms. The van der Waals surface area contributed by atoms with Gasteiger partial charge in [0.05, 0.1) is 6.04 Å². The first kappa shape index (κ1) is 14.0. The van der Waals surface area contributed by atoms with E-state index in [-0.39, 0.29) is 18.1 Å². The molecule has 1 aromatic carbocycles. The van der Waals surface area contributed by atoms with Crippen molar-refractivity contribution in [1.82, 2.24) is 10.2 Å². The Morgan fingerprint density at radius 2 is 1.90 bits per heavy atom. The molecule has 1 heterocycles. The second-order valence-electron chi connectivity index (χ2n) is 6.04. The molecule has 0 radical (unpaired) electrons. The molecule has 1 aliphatic heterocycles. The van der Waals surface area contributed by atoms with E-state index in [1.165, 1.54) is 10.5 Å². The van der Waals surface area contributed by atoms with Gasteiger partial charge in [-0.25, -0.2) is 0 Å². The number of hydrogen-bond donors (Lipinski definition) is 1. The van der Waals surface area contributed by atoms with Crippen molar-refractivity contribution >= 4 is 17.7 Å². The fraction of sp³-hybridized carbons (Fsp3) is 0.562. The molecule has 2 unspecified atom stereocenters. The van der Waals surface area contributed by atoms with Gasteiger partial charge in [-0.3, -0.25) is 10.1 Å². The zero-order valence-corrected chi connectivity index (χ0v) is 13.1. The highest BCUT2D eigenvalue weighted by Gasteiger charge is 2.47. The molecule has 1 amide bonds. The van der Waals surface area contributed by atoms with Crippen LogP contribution in [0.25, 0.3) is 0 Å². The van der Waals surface area contributed by atoms with Crippen LogP contribution in [-0.4, -0.2) is 29.1 Å². The molecule has 1 saturated heterocycles. The fourth-order valence-corrected chi connectivity index (χ4v) is 3.28. The molecule has 0 aromatic heterocycles. The molecular formula is C16H22N2OS. The number of thioether (sulfide) groups is 1. The minimum atomic E-state index is -0.0409. The first-order chi connectivity index (χ1) is 9.61. The summed E-state index contributed by atoms with van der Waals surface area (Å²) in [7, 11) is 0. The Morgan fingerprint density at radius 1 is 1.25 bits per heavy atom. The Bertz CT molecular complexity index is 496. The normalized spacial score (nSPS) is 26.6. The van der Waals surface area contributed by atoms with Gasteiger partial charge in [-0.1, -0.05) is 26.0 Å². The van der Waals surface area contributed by atoms with Crippen LogP contribution in [0, 0.1) is 5.92 Å². The monoisotopic (exact) mass is 290 g/mol. The summed E-state index contributed by atoms with van der Waals surface area (Å²) in [5.41, 5.74) is 1.20. The molecule has 1 N–H and O–H groups in total. The van der Waals surface area contributed by atoms with Crippen LogP contribution in [-0.2, 0) is 4.79 Å². The van der Waals surface area contributed by atoms with Crippen LogP contribution in [0.1, 0.15) is 38.4 Å². The number of carbonyl (C=O) groups excluding carboxylic acids is 1.